The third kappa shape index (κ3) is 8.33. The van der Waals surface area contributed by atoms with Crippen LogP contribution in [-0.4, -0.2) is 29.9 Å². The number of hydrogen-bond acceptors (Lipinski definition) is 6. The Balaban J connectivity index is 0.939. The monoisotopic (exact) mass is 850 g/mol. The molecule has 1 fully saturated rings. The van der Waals surface area contributed by atoms with E-state index in [0.29, 0.717) is 34.9 Å². The standard InChI is InChI=1S/C60H46N6/c1-6-18-42(19-7-1)48-26-16-28-50(40-48)58-63-54(44-22-10-3-11-23-44)61-56(65-58)46-30-34-52(35-31-46)60(38-14-5-15-39-60)53-36-32-47(33-37-53)57-62-55(45-24-12-4-13-25-45)64-59(66-57)51-29-17-27-49(41-51)43-20-8-2-9-21-43/h1-4,6-13,16-37,40-41H,5,14-15,38-39H2. The summed E-state index contributed by atoms with van der Waals surface area (Å²) in [7, 11) is 0. The van der Waals surface area contributed by atoms with Crippen LogP contribution in [0.2, 0.25) is 0 Å². The molecule has 8 aromatic carbocycles. The van der Waals surface area contributed by atoms with Crippen molar-refractivity contribution in [2.45, 2.75) is 37.5 Å². The summed E-state index contributed by atoms with van der Waals surface area (Å²) in [6.07, 6.45) is 5.72. The second kappa shape index (κ2) is 18.1. The van der Waals surface area contributed by atoms with Crippen LogP contribution in [0.25, 0.3) is 90.6 Å². The molecule has 0 spiro atoms. The third-order valence-corrected chi connectivity index (χ3v) is 12.9. The Morgan fingerprint density at radius 3 is 0.848 bits per heavy atom. The minimum atomic E-state index is -0.135. The molecule has 0 unspecified atom stereocenters. The highest BCUT2D eigenvalue weighted by molar-refractivity contribution is 5.74. The summed E-state index contributed by atoms with van der Waals surface area (Å²) in [6, 6.07) is 76.0. The SMILES string of the molecule is c1ccc(-c2cccc(-c3nc(-c4ccccc4)nc(-c4ccc(C5(c6ccc(-c7nc(-c8ccccc8)nc(-c8cccc(-c9ccccc9)c8)n7)cc6)CCCCC5)cc4)n3)c2)cc1. The molecule has 6 nitrogen and oxygen atoms in total. The lowest BCUT2D eigenvalue weighted by Crippen LogP contribution is -2.30. The molecule has 0 amide bonds. The fraction of sp³-hybridized carbons (Fsp3) is 0.100. The lowest BCUT2D eigenvalue weighted by Gasteiger charge is -2.39. The van der Waals surface area contributed by atoms with Gasteiger partial charge >= 0.3 is 0 Å². The van der Waals surface area contributed by atoms with Crippen LogP contribution in [-0.2, 0) is 5.41 Å². The summed E-state index contributed by atoms with van der Waals surface area (Å²) in [4.78, 5) is 30.4. The molecule has 2 aromatic heterocycles. The first-order valence-corrected chi connectivity index (χ1v) is 22.8. The molecule has 66 heavy (non-hydrogen) atoms. The maximum Gasteiger partial charge on any atom is 0.164 e. The third-order valence-electron chi connectivity index (χ3n) is 12.9. The Labute approximate surface area is 385 Å². The summed E-state index contributed by atoms with van der Waals surface area (Å²) in [5.74, 6) is 3.89. The second-order valence-electron chi connectivity index (χ2n) is 17.0. The molecule has 1 saturated carbocycles. The molecule has 0 bridgehead atoms. The summed E-state index contributed by atoms with van der Waals surface area (Å²) >= 11 is 0. The Hall–Kier alpha value is -8.22. The van der Waals surface area contributed by atoms with Gasteiger partial charge in [0, 0.05) is 38.8 Å². The van der Waals surface area contributed by atoms with E-state index in [2.05, 4.69) is 170 Å². The number of benzene rings is 8. The highest BCUT2D eigenvalue weighted by atomic mass is 15.0. The van der Waals surface area contributed by atoms with Crippen molar-refractivity contribution >= 4 is 0 Å². The highest BCUT2D eigenvalue weighted by Crippen LogP contribution is 2.46. The van der Waals surface area contributed by atoms with Crippen LogP contribution in [0, 0.1) is 0 Å². The van der Waals surface area contributed by atoms with E-state index in [4.69, 9.17) is 29.9 Å². The van der Waals surface area contributed by atoms with E-state index in [9.17, 15) is 0 Å². The molecule has 1 aliphatic carbocycles. The Bertz CT molecular complexity index is 3030. The molecule has 1 aliphatic rings. The molecular weight excluding hydrogens is 805 g/mol. The molecule has 0 atom stereocenters. The second-order valence-corrected chi connectivity index (χ2v) is 17.0. The largest absolute Gasteiger partial charge is 0.208 e. The van der Waals surface area contributed by atoms with Gasteiger partial charge in [0.2, 0.25) is 0 Å². The summed E-state index contributed by atoms with van der Waals surface area (Å²) in [5, 5.41) is 0. The predicted octanol–water partition coefficient (Wildman–Crippen LogP) is 14.6. The molecular formula is C60H46N6. The minimum Gasteiger partial charge on any atom is -0.208 e. The van der Waals surface area contributed by atoms with Crippen molar-refractivity contribution in [1.82, 2.24) is 29.9 Å². The van der Waals surface area contributed by atoms with Gasteiger partial charge in [0.25, 0.3) is 0 Å². The molecule has 6 heteroatoms. The van der Waals surface area contributed by atoms with Gasteiger partial charge in [-0.15, -0.1) is 0 Å². The molecule has 10 aromatic rings. The van der Waals surface area contributed by atoms with E-state index in [1.165, 1.54) is 30.4 Å². The summed E-state index contributed by atoms with van der Waals surface area (Å²) < 4.78 is 0. The molecule has 11 rings (SSSR count). The molecule has 0 radical (unpaired) electrons. The minimum absolute atomic E-state index is 0.135. The Kier molecular flexibility index (Phi) is 11.1. The lowest BCUT2D eigenvalue weighted by atomic mass is 9.65. The van der Waals surface area contributed by atoms with Gasteiger partial charge in [-0.2, -0.15) is 0 Å². The molecule has 2 heterocycles. The number of hydrogen-bond donors (Lipinski definition) is 0. The zero-order valence-electron chi connectivity index (χ0n) is 36.5. The van der Waals surface area contributed by atoms with Crippen molar-refractivity contribution in [3.63, 3.8) is 0 Å². The zero-order chi connectivity index (χ0) is 44.1. The van der Waals surface area contributed by atoms with Crippen molar-refractivity contribution in [3.05, 3.63) is 230 Å². The summed E-state index contributed by atoms with van der Waals surface area (Å²) in [5.41, 5.74) is 12.7. The van der Waals surface area contributed by atoms with Gasteiger partial charge in [-0.25, -0.2) is 29.9 Å². The van der Waals surface area contributed by atoms with E-state index >= 15 is 0 Å². The van der Waals surface area contributed by atoms with Crippen LogP contribution in [0.1, 0.15) is 43.2 Å². The van der Waals surface area contributed by atoms with Gasteiger partial charge in [0.15, 0.2) is 34.9 Å². The van der Waals surface area contributed by atoms with E-state index < -0.39 is 0 Å². The average Bonchev–Trinajstić information content (AvgIpc) is 3.42. The fourth-order valence-corrected chi connectivity index (χ4v) is 9.41. The zero-order valence-corrected chi connectivity index (χ0v) is 36.5. The van der Waals surface area contributed by atoms with Gasteiger partial charge < -0.3 is 0 Å². The molecule has 316 valence electrons. The van der Waals surface area contributed by atoms with E-state index in [-0.39, 0.29) is 5.41 Å². The van der Waals surface area contributed by atoms with Gasteiger partial charge in [0.05, 0.1) is 0 Å². The quantitative estimate of drug-likeness (QED) is 0.136. The van der Waals surface area contributed by atoms with Crippen LogP contribution in [0.15, 0.2) is 218 Å². The number of rotatable bonds is 10. The van der Waals surface area contributed by atoms with Gasteiger partial charge in [-0.05, 0) is 58.4 Å². The van der Waals surface area contributed by atoms with E-state index in [1.807, 2.05) is 48.5 Å². The average molecular weight is 851 g/mol. The predicted molar refractivity (Wildman–Crippen MR) is 267 cm³/mol. The van der Waals surface area contributed by atoms with Crippen LogP contribution in [0.3, 0.4) is 0 Å². The first-order valence-electron chi connectivity index (χ1n) is 22.8. The molecule has 0 saturated heterocycles. The van der Waals surface area contributed by atoms with E-state index in [1.54, 1.807) is 0 Å². The Morgan fingerprint density at radius 2 is 0.500 bits per heavy atom. The van der Waals surface area contributed by atoms with Crippen molar-refractivity contribution in [3.8, 4) is 90.6 Å². The van der Waals surface area contributed by atoms with Gasteiger partial charge in [0.1, 0.15) is 0 Å². The van der Waals surface area contributed by atoms with Gasteiger partial charge in [-0.1, -0.05) is 226 Å². The van der Waals surface area contributed by atoms with Crippen LogP contribution in [0.4, 0.5) is 0 Å². The van der Waals surface area contributed by atoms with Crippen LogP contribution in [0.5, 0.6) is 0 Å². The number of nitrogens with zero attached hydrogens (tertiary/aromatic N) is 6. The smallest absolute Gasteiger partial charge is 0.164 e. The maximum absolute atomic E-state index is 5.12. The van der Waals surface area contributed by atoms with Crippen LogP contribution < -0.4 is 0 Å². The van der Waals surface area contributed by atoms with Crippen LogP contribution >= 0.6 is 0 Å². The molecule has 0 N–H and O–H groups in total. The van der Waals surface area contributed by atoms with Crippen molar-refractivity contribution < 1.29 is 0 Å². The highest BCUT2D eigenvalue weighted by Gasteiger charge is 2.36. The maximum atomic E-state index is 5.12. The fourth-order valence-electron chi connectivity index (χ4n) is 9.41. The van der Waals surface area contributed by atoms with Crippen molar-refractivity contribution in [2.75, 3.05) is 0 Å². The lowest BCUT2D eigenvalue weighted by molar-refractivity contribution is 0.346. The topological polar surface area (TPSA) is 77.3 Å². The van der Waals surface area contributed by atoms with Crippen molar-refractivity contribution in [1.29, 1.82) is 0 Å². The summed E-state index contributed by atoms with van der Waals surface area (Å²) in [6.45, 7) is 0. The van der Waals surface area contributed by atoms with Gasteiger partial charge in [-0.3, -0.25) is 0 Å². The Morgan fingerprint density at radius 1 is 0.227 bits per heavy atom. The number of aromatic nitrogens is 6. The normalized spacial score (nSPS) is 13.3. The first-order chi connectivity index (χ1) is 32.6. The first kappa shape index (κ1) is 40.5. The van der Waals surface area contributed by atoms with E-state index in [0.717, 1.165) is 68.5 Å². The van der Waals surface area contributed by atoms with Crippen molar-refractivity contribution in [2.24, 2.45) is 0 Å². The molecule has 0 aliphatic heterocycles.